The number of sulfonamides is 1. The van der Waals surface area contributed by atoms with E-state index >= 15 is 0 Å². The lowest BCUT2D eigenvalue weighted by atomic mass is 10.2. The Morgan fingerprint density at radius 2 is 1.23 bits per heavy atom. The van der Waals surface area contributed by atoms with Crippen molar-refractivity contribution in [3.8, 4) is 5.75 Å². The van der Waals surface area contributed by atoms with E-state index in [1.165, 1.54) is 36.4 Å². The first-order chi connectivity index (χ1) is 16.9. The minimum absolute atomic E-state index is 0.151. The molecule has 11 nitrogen and oxygen atoms in total. The SMILES string of the molecule is Nc1ccc(S(=O)(=O)NCCOCCOCCOCCOCCOc2ccc(C(=O)O)cc2)cc1. The number of benzene rings is 2. The molecule has 0 aliphatic heterocycles. The average molecular weight is 513 g/mol. The largest absolute Gasteiger partial charge is 0.491 e. The summed E-state index contributed by atoms with van der Waals surface area (Å²) in [6.07, 6.45) is 0. The summed E-state index contributed by atoms with van der Waals surface area (Å²) >= 11 is 0. The van der Waals surface area contributed by atoms with Gasteiger partial charge in [-0.15, -0.1) is 0 Å². The standard InChI is InChI=1S/C23H32N2O9S/c24-20-3-7-22(8-4-20)35(28,29)25-9-10-30-11-12-31-13-14-32-15-16-33-17-18-34-21-5-1-19(2-6-21)23(26)27/h1-8,25H,9-18,24H2,(H,26,27). The van der Waals surface area contributed by atoms with Gasteiger partial charge in [-0.25, -0.2) is 17.9 Å². The van der Waals surface area contributed by atoms with Crippen LogP contribution in [0.15, 0.2) is 53.4 Å². The Hall–Kier alpha value is -2.74. The van der Waals surface area contributed by atoms with Crippen LogP contribution < -0.4 is 15.2 Å². The summed E-state index contributed by atoms with van der Waals surface area (Å²) in [5.74, 6) is -0.400. The summed E-state index contributed by atoms with van der Waals surface area (Å²) < 4.78 is 53.6. The van der Waals surface area contributed by atoms with Crippen molar-refractivity contribution in [2.45, 2.75) is 4.90 Å². The van der Waals surface area contributed by atoms with Crippen LogP contribution in [0.1, 0.15) is 10.4 Å². The van der Waals surface area contributed by atoms with Crippen molar-refractivity contribution in [1.29, 1.82) is 0 Å². The molecule has 35 heavy (non-hydrogen) atoms. The molecule has 12 heteroatoms. The third-order valence-corrected chi connectivity index (χ3v) is 5.92. The second kappa shape index (κ2) is 16.0. The molecule has 0 fully saturated rings. The van der Waals surface area contributed by atoms with Gasteiger partial charge in [-0.05, 0) is 48.5 Å². The van der Waals surface area contributed by atoms with Gasteiger partial charge in [0.05, 0.1) is 63.3 Å². The van der Waals surface area contributed by atoms with Crippen molar-refractivity contribution in [3.05, 3.63) is 54.1 Å². The van der Waals surface area contributed by atoms with Gasteiger partial charge in [-0.2, -0.15) is 0 Å². The Labute approximate surface area is 205 Å². The molecule has 2 aromatic carbocycles. The molecule has 4 N–H and O–H groups in total. The van der Waals surface area contributed by atoms with E-state index in [9.17, 15) is 13.2 Å². The summed E-state index contributed by atoms with van der Waals surface area (Å²) in [5.41, 5.74) is 6.26. The molecule has 2 aromatic rings. The van der Waals surface area contributed by atoms with Crippen molar-refractivity contribution in [2.75, 3.05) is 71.7 Å². The predicted molar refractivity (Wildman–Crippen MR) is 128 cm³/mol. The molecular formula is C23H32N2O9S. The zero-order valence-corrected chi connectivity index (χ0v) is 20.2. The maximum atomic E-state index is 12.1. The molecule has 0 aromatic heterocycles. The Balaban J connectivity index is 1.34. The molecule has 0 amide bonds. The van der Waals surface area contributed by atoms with Gasteiger partial charge in [0.15, 0.2) is 0 Å². The molecule has 0 atom stereocenters. The molecule has 0 saturated carbocycles. The van der Waals surface area contributed by atoms with Crippen LogP contribution in [-0.4, -0.2) is 85.5 Å². The maximum Gasteiger partial charge on any atom is 0.335 e. The highest BCUT2D eigenvalue weighted by atomic mass is 32.2. The molecule has 194 valence electrons. The highest BCUT2D eigenvalue weighted by molar-refractivity contribution is 7.89. The number of hydrogen-bond donors (Lipinski definition) is 3. The molecule has 2 rings (SSSR count). The number of ether oxygens (including phenoxy) is 5. The first kappa shape index (κ1) is 28.5. The molecular weight excluding hydrogens is 480 g/mol. The summed E-state index contributed by atoms with van der Waals surface area (Å²) in [7, 11) is -3.58. The number of nitrogens with two attached hydrogens (primary N) is 1. The van der Waals surface area contributed by atoms with E-state index in [0.717, 1.165) is 0 Å². The van der Waals surface area contributed by atoms with E-state index in [2.05, 4.69) is 4.72 Å². The van der Waals surface area contributed by atoms with E-state index in [1.807, 2.05) is 0 Å². The molecule has 0 spiro atoms. The van der Waals surface area contributed by atoms with Gasteiger partial charge in [0.1, 0.15) is 12.4 Å². The van der Waals surface area contributed by atoms with Crippen LogP contribution in [0.4, 0.5) is 5.69 Å². The molecule has 0 saturated heterocycles. The summed E-state index contributed by atoms with van der Waals surface area (Å²) in [5, 5.41) is 8.84. The molecule has 0 bridgehead atoms. The number of nitrogens with one attached hydrogen (secondary N) is 1. The second-order valence-electron chi connectivity index (χ2n) is 7.09. The summed E-state index contributed by atoms with van der Waals surface area (Å²) in [6, 6.07) is 12.1. The number of hydrogen-bond acceptors (Lipinski definition) is 9. The number of aromatic carboxylic acids is 1. The van der Waals surface area contributed by atoms with Gasteiger partial charge in [0.25, 0.3) is 0 Å². The van der Waals surface area contributed by atoms with Crippen molar-refractivity contribution in [1.82, 2.24) is 4.72 Å². The Kier molecular flexibility index (Phi) is 13.0. The number of rotatable bonds is 19. The molecule has 0 heterocycles. The van der Waals surface area contributed by atoms with Gasteiger partial charge in [-0.3, -0.25) is 0 Å². The van der Waals surface area contributed by atoms with Crippen LogP contribution in [0.3, 0.4) is 0 Å². The van der Waals surface area contributed by atoms with Crippen molar-refractivity contribution in [2.24, 2.45) is 0 Å². The lowest BCUT2D eigenvalue weighted by Crippen LogP contribution is -2.27. The normalized spacial score (nSPS) is 11.4. The first-order valence-corrected chi connectivity index (χ1v) is 12.5. The number of carbonyl (C=O) groups is 1. The highest BCUT2D eigenvalue weighted by Gasteiger charge is 2.12. The Bertz CT molecular complexity index is 967. The van der Waals surface area contributed by atoms with E-state index in [0.29, 0.717) is 64.3 Å². The Morgan fingerprint density at radius 3 is 1.74 bits per heavy atom. The first-order valence-electron chi connectivity index (χ1n) is 11.0. The monoisotopic (exact) mass is 512 g/mol. The van der Waals surface area contributed by atoms with Crippen molar-refractivity contribution in [3.63, 3.8) is 0 Å². The predicted octanol–water partition coefficient (Wildman–Crippen LogP) is 1.39. The van der Waals surface area contributed by atoms with E-state index in [1.54, 1.807) is 12.1 Å². The van der Waals surface area contributed by atoms with Gasteiger partial charge < -0.3 is 34.5 Å². The van der Waals surface area contributed by atoms with Crippen LogP contribution in [-0.2, 0) is 29.0 Å². The fourth-order valence-electron chi connectivity index (χ4n) is 2.65. The number of nitrogen functional groups attached to an aromatic ring is 1. The van der Waals surface area contributed by atoms with Crippen molar-refractivity contribution < 1.29 is 42.0 Å². The smallest absolute Gasteiger partial charge is 0.335 e. The lowest BCUT2D eigenvalue weighted by Gasteiger charge is -2.09. The van der Waals surface area contributed by atoms with Gasteiger partial charge in [0.2, 0.25) is 10.0 Å². The molecule has 0 aliphatic rings. The number of anilines is 1. The Morgan fingerprint density at radius 1 is 0.743 bits per heavy atom. The van der Waals surface area contributed by atoms with Gasteiger partial charge in [0, 0.05) is 12.2 Å². The van der Waals surface area contributed by atoms with Crippen LogP contribution >= 0.6 is 0 Å². The minimum atomic E-state index is -3.58. The third kappa shape index (κ3) is 12.0. The third-order valence-electron chi connectivity index (χ3n) is 4.44. The fraction of sp³-hybridized carbons (Fsp3) is 0.435. The minimum Gasteiger partial charge on any atom is -0.491 e. The fourth-order valence-corrected chi connectivity index (χ4v) is 3.67. The topological polar surface area (TPSA) is 156 Å². The quantitative estimate of drug-likeness (QED) is 0.186. The molecule has 0 aliphatic carbocycles. The summed E-state index contributed by atoms with van der Waals surface area (Å²) in [6.45, 7) is 3.46. The molecule has 0 radical (unpaired) electrons. The van der Waals surface area contributed by atoms with Crippen molar-refractivity contribution >= 4 is 21.7 Å². The van der Waals surface area contributed by atoms with E-state index in [-0.39, 0.29) is 23.6 Å². The van der Waals surface area contributed by atoms with E-state index in [4.69, 9.17) is 34.5 Å². The number of carboxylic acid groups (broad SMARTS) is 1. The zero-order valence-electron chi connectivity index (χ0n) is 19.4. The lowest BCUT2D eigenvalue weighted by molar-refractivity contribution is -0.00403. The highest BCUT2D eigenvalue weighted by Crippen LogP contribution is 2.12. The summed E-state index contributed by atoms with van der Waals surface area (Å²) in [4.78, 5) is 10.9. The maximum absolute atomic E-state index is 12.1. The number of carboxylic acids is 1. The van der Waals surface area contributed by atoms with Crippen LogP contribution in [0.5, 0.6) is 5.75 Å². The second-order valence-corrected chi connectivity index (χ2v) is 8.86. The van der Waals surface area contributed by atoms with E-state index < -0.39 is 16.0 Å². The van der Waals surface area contributed by atoms with Gasteiger partial charge >= 0.3 is 5.97 Å². The average Bonchev–Trinajstić information content (AvgIpc) is 2.84. The van der Waals surface area contributed by atoms with Crippen LogP contribution in [0, 0.1) is 0 Å². The zero-order chi connectivity index (χ0) is 25.4. The van der Waals surface area contributed by atoms with Crippen LogP contribution in [0.25, 0.3) is 0 Å². The molecule has 0 unspecified atom stereocenters. The van der Waals surface area contributed by atoms with Crippen LogP contribution in [0.2, 0.25) is 0 Å². The van der Waals surface area contributed by atoms with Gasteiger partial charge in [-0.1, -0.05) is 0 Å².